The van der Waals surface area contributed by atoms with Crippen LogP contribution in [0.25, 0.3) is 5.69 Å². The highest BCUT2D eigenvalue weighted by Crippen LogP contribution is 2.41. The molecule has 0 saturated carbocycles. The van der Waals surface area contributed by atoms with E-state index in [-0.39, 0.29) is 17.8 Å². The number of carbonyl (C=O) groups is 1. The zero-order valence-electron chi connectivity index (χ0n) is 20.6. The molecule has 0 bridgehead atoms. The fraction of sp³-hybridized carbons (Fsp3) is 0.207. The molecular formula is C29H28FN5O. The molecule has 0 radical (unpaired) electrons. The number of aryl methyl sites for hydroxylation is 1. The van der Waals surface area contributed by atoms with E-state index in [1.807, 2.05) is 67.2 Å². The van der Waals surface area contributed by atoms with Crippen LogP contribution in [-0.4, -0.2) is 33.5 Å². The molecule has 1 amide bonds. The van der Waals surface area contributed by atoms with Crippen LogP contribution in [0.3, 0.4) is 0 Å². The molecule has 3 aromatic carbocycles. The van der Waals surface area contributed by atoms with Gasteiger partial charge in [-0.25, -0.2) is 14.1 Å². The molecule has 36 heavy (non-hydrogen) atoms. The lowest BCUT2D eigenvalue weighted by atomic mass is 9.97. The molecule has 0 aliphatic carbocycles. The zero-order chi connectivity index (χ0) is 25.2. The Kier molecular flexibility index (Phi) is 6.38. The Labute approximate surface area is 210 Å². The Hall–Kier alpha value is -4.26. The van der Waals surface area contributed by atoms with Crippen molar-refractivity contribution in [2.24, 2.45) is 5.10 Å². The standard InChI is InChI=1S/C29H28FN5O/c1-20-28(27-18-26(32-34(27)21(2)36)23-14-16-24(30)17-15-23)29(33(3)19-22-10-6-4-7-11-22)35(31-20)25-12-8-5-9-13-25/h4-17,27H,18-19H2,1-3H3. The van der Waals surface area contributed by atoms with Gasteiger partial charge in [-0.2, -0.15) is 10.2 Å². The van der Waals surface area contributed by atoms with Gasteiger partial charge in [-0.3, -0.25) is 4.79 Å². The average Bonchev–Trinajstić information content (AvgIpc) is 3.47. The number of anilines is 1. The van der Waals surface area contributed by atoms with E-state index in [9.17, 15) is 9.18 Å². The predicted octanol–water partition coefficient (Wildman–Crippen LogP) is 5.65. The van der Waals surface area contributed by atoms with Crippen LogP contribution >= 0.6 is 0 Å². The summed E-state index contributed by atoms with van der Waals surface area (Å²) in [5, 5.41) is 11.1. The predicted molar refractivity (Wildman–Crippen MR) is 140 cm³/mol. The Bertz CT molecular complexity index is 1400. The Balaban J connectivity index is 1.61. The van der Waals surface area contributed by atoms with Crippen LogP contribution in [0.2, 0.25) is 0 Å². The first-order valence-electron chi connectivity index (χ1n) is 12.0. The van der Waals surface area contributed by atoms with E-state index in [0.29, 0.717) is 13.0 Å². The molecule has 1 unspecified atom stereocenters. The number of nitrogens with zero attached hydrogens (tertiary/aromatic N) is 5. The molecular weight excluding hydrogens is 453 g/mol. The number of hydrazone groups is 1. The van der Waals surface area contributed by atoms with E-state index in [4.69, 9.17) is 5.10 Å². The fourth-order valence-corrected chi connectivity index (χ4v) is 4.81. The van der Waals surface area contributed by atoms with Crippen molar-refractivity contribution in [2.75, 3.05) is 11.9 Å². The van der Waals surface area contributed by atoms with Crippen molar-refractivity contribution in [1.82, 2.24) is 14.8 Å². The molecule has 2 heterocycles. The molecule has 4 aromatic rings. The zero-order valence-corrected chi connectivity index (χ0v) is 20.6. The molecule has 1 atom stereocenters. The highest BCUT2D eigenvalue weighted by molar-refractivity contribution is 6.03. The number of rotatable bonds is 6. The third-order valence-corrected chi connectivity index (χ3v) is 6.45. The molecule has 6 nitrogen and oxygen atoms in total. The lowest BCUT2D eigenvalue weighted by Gasteiger charge is -2.27. The van der Waals surface area contributed by atoms with Gasteiger partial charge >= 0.3 is 0 Å². The van der Waals surface area contributed by atoms with Gasteiger partial charge in [0.15, 0.2) is 0 Å². The molecule has 7 heteroatoms. The van der Waals surface area contributed by atoms with Crippen molar-refractivity contribution < 1.29 is 9.18 Å². The Morgan fingerprint density at radius 3 is 2.28 bits per heavy atom. The van der Waals surface area contributed by atoms with Gasteiger partial charge in [0.1, 0.15) is 11.6 Å². The van der Waals surface area contributed by atoms with Gasteiger partial charge in [-0.05, 0) is 42.3 Å². The quantitative estimate of drug-likeness (QED) is 0.357. The number of hydrogen-bond donors (Lipinski definition) is 0. The van der Waals surface area contributed by atoms with Crippen molar-refractivity contribution in [3.8, 4) is 5.69 Å². The second-order valence-corrected chi connectivity index (χ2v) is 9.05. The maximum absolute atomic E-state index is 13.5. The Morgan fingerprint density at radius 1 is 1.00 bits per heavy atom. The van der Waals surface area contributed by atoms with Crippen LogP contribution in [0.5, 0.6) is 0 Å². The summed E-state index contributed by atoms with van der Waals surface area (Å²) in [5.41, 5.74) is 5.45. The van der Waals surface area contributed by atoms with Gasteiger partial charge in [0.2, 0.25) is 5.91 Å². The van der Waals surface area contributed by atoms with Gasteiger partial charge in [0, 0.05) is 32.5 Å². The van der Waals surface area contributed by atoms with E-state index in [2.05, 4.69) is 22.1 Å². The molecule has 0 saturated heterocycles. The van der Waals surface area contributed by atoms with Gasteiger partial charge < -0.3 is 4.90 Å². The van der Waals surface area contributed by atoms with Crippen LogP contribution in [0, 0.1) is 12.7 Å². The number of para-hydroxylation sites is 1. The van der Waals surface area contributed by atoms with Crippen molar-refractivity contribution in [1.29, 1.82) is 0 Å². The summed E-state index contributed by atoms with van der Waals surface area (Å²) in [6.07, 6.45) is 0.513. The minimum Gasteiger partial charge on any atom is -0.355 e. The normalized spacial score (nSPS) is 15.2. The monoisotopic (exact) mass is 481 g/mol. The lowest BCUT2D eigenvalue weighted by molar-refractivity contribution is -0.130. The summed E-state index contributed by atoms with van der Waals surface area (Å²) in [7, 11) is 2.04. The highest BCUT2D eigenvalue weighted by atomic mass is 19.1. The number of aromatic nitrogens is 2. The first-order chi connectivity index (χ1) is 17.4. The second kappa shape index (κ2) is 9.77. The summed E-state index contributed by atoms with van der Waals surface area (Å²) < 4.78 is 15.5. The molecule has 182 valence electrons. The smallest absolute Gasteiger partial charge is 0.240 e. The number of halogens is 1. The van der Waals surface area contributed by atoms with Crippen molar-refractivity contribution >= 4 is 17.4 Å². The minimum atomic E-state index is -0.326. The van der Waals surface area contributed by atoms with E-state index in [1.54, 1.807) is 12.1 Å². The fourth-order valence-electron chi connectivity index (χ4n) is 4.81. The SMILES string of the molecule is CC(=O)N1N=C(c2ccc(F)cc2)CC1c1c(C)nn(-c2ccccc2)c1N(C)Cc1ccccc1. The van der Waals surface area contributed by atoms with Gasteiger partial charge in [-0.15, -0.1) is 0 Å². The molecule has 5 rings (SSSR count). The number of amides is 1. The molecule has 1 aliphatic rings. The summed E-state index contributed by atoms with van der Waals surface area (Å²) >= 11 is 0. The molecule has 0 spiro atoms. The molecule has 0 fully saturated rings. The van der Waals surface area contributed by atoms with E-state index in [0.717, 1.165) is 34.0 Å². The van der Waals surface area contributed by atoms with Crippen molar-refractivity contribution in [3.05, 3.63) is 113 Å². The van der Waals surface area contributed by atoms with Crippen LogP contribution in [0.1, 0.15) is 41.8 Å². The average molecular weight is 482 g/mol. The summed E-state index contributed by atoms with van der Waals surface area (Å²) in [6, 6.07) is 26.2. The van der Waals surface area contributed by atoms with E-state index >= 15 is 0 Å². The maximum atomic E-state index is 13.5. The van der Waals surface area contributed by atoms with Crippen LogP contribution in [0.4, 0.5) is 10.2 Å². The van der Waals surface area contributed by atoms with Crippen molar-refractivity contribution in [3.63, 3.8) is 0 Å². The van der Waals surface area contributed by atoms with Gasteiger partial charge in [-0.1, -0.05) is 60.7 Å². The van der Waals surface area contributed by atoms with Crippen LogP contribution in [-0.2, 0) is 11.3 Å². The van der Waals surface area contributed by atoms with Crippen LogP contribution < -0.4 is 4.90 Å². The van der Waals surface area contributed by atoms with Crippen molar-refractivity contribution in [2.45, 2.75) is 32.9 Å². The Morgan fingerprint density at radius 2 is 1.64 bits per heavy atom. The third kappa shape index (κ3) is 4.52. The molecule has 0 N–H and O–H groups in total. The minimum absolute atomic E-state index is 0.152. The van der Waals surface area contributed by atoms with E-state index < -0.39 is 0 Å². The topological polar surface area (TPSA) is 53.7 Å². The van der Waals surface area contributed by atoms with E-state index in [1.165, 1.54) is 29.6 Å². The number of benzene rings is 3. The lowest BCUT2D eigenvalue weighted by Crippen LogP contribution is -2.27. The van der Waals surface area contributed by atoms with Gasteiger partial charge in [0.05, 0.1) is 23.1 Å². The number of carbonyl (C=O) groups excluding carboxylic acids is 1. The third-order valence-electron chi connectivity index (χ3n) is 6.45. The maximum Gasteiger partial charge on any atom is 0.240 e. The van der Waals surface area contributed by atoms with Gasteiger partial charge in [0.25, 0.3) is 0 Å². The summed E-state index contributed by atoms with van der Waals surface area (Å²) in [4.78, 5) is 14.9. The highest BCUT2D eigenvalue weighted by Gasteiger charge is 2.37. The summed E-state index contributed by atoms with van der Waals surface area (Å²) in [6.45, 7) is 4.17. The first kappa shape index (κ1) is 23.5. The first-order valence-corrected chi connectivity index (χ1v) is 12.0. The second-order valence-electron chi connectivity index (χ2n) is 9.05. The largest absolute Gasteiger partial charge is 0.355 e. The van der Waals surface area contributed by atoms with Crippen LogP contribution in [0.15, 0.2) is 90.0 Å². The molecule has 1 aliphatic heterocycles. The number of hydrogen-bond acceptors (Lipinski definition) is 4. The molecule has 1 aromatic heterocycles. The summed E-state index contributed by atoms with van der Waals surface area (Å²) in [5.74, 6) is 0.456.